The highest BCUT2D eigenvalue weighted by Gasteiger charge is 2.29. The summed E-state index contributed by atoms with van der Waals surface area (Å²) in [6.45, 7) is 0.379. The van der Waals surface area contributed by atoms with E-state index >= 15 is 0 Å². The predicted octanol–water partition coefficient (Wildman–Crippen LogP) is 5.82. The Labute approximate surface area is 189 Å². The van der Waals surface area contributed by atoms with Crippen LogP contribution in [0.2, 0.25) is 5.02 Å². The summed E-state index contributed by atoms with van der Waals surface area (Å²) in [6.07, 6.45) is 1.87. The van der Waals surface area contributed by atoms with Gasteiger partial charge in [-0.3, -0.25) is 14.7 Å². The maximum atomic E-state index is 12.3. The van der Waals surface area contributed by atoms with Gasteiger partial charge in [-0.1, -0.05) is 29.8 Å². The van der Waals surface area contributed by atoms with Gasteiger partial charge in [0, 0.05) is 24.7 Å². The number of hydrogen-bond donors (Lipinski definition) is 0. The maximum absolute atomic E-state index is 12.3. The zero-order valence-electron chi connectivity index (χ0n) is 14.5. The summed E-state index contributed by atoms with van der Waals surface area (Å²) in [5.74, 6) is 0.696. The Bertz CT molecular complexity index is 941. The molecule has 1 aliphatic heterocycles. The monoisotopic (exact) mass is 576 g/mol. The van der Waals surface area contributed by atoms with Crippen LogP contribution in [0.1, 0.15) is 11.1 Å². The number of benzene rings is 2. The van der Waals surface area contributed by atoms with E-state index < -0.39 is 0 Å². The number of ether oxygens (including phenoxy) is 1. The molecule has 8 heteroatoms. The van der Waals surface area contributed by atoms with Crippen molar-refractivity contribution in [1.82, 2.24) is 4.90 Å². The van der Waals surface area contributed by atoms with Gasteiger partial charge in [0.1, 0.15) is 12.4 Å². The SMILES string of the molecule is CN=C1S/C(=C\c2cc(Br)c(OCc3ccccc3Cl)c(I)c2)C(=O)N1C. The van der Waals surface area contributed by atoms with E-state index in [4.69, 9.17) is 16.3 Å². The number of carbonyl (C=O) groups excluding carboxylic acids is 1. The Hall–Kier alpha value is -1.03. The first-order valence-corrected chi connectivity index (χ1v) is 11.0. The summed E-state index contributed by atoms with van der Waals surface area (Å²) in [4.78, 5) is 18.6. The minimum Gasteiger partial charge on any atom is -0.487 e. The van der Waals surface area contributed by atoms with E-state index in [0.717, 1.165) is 24.9 Å². The number of aliphatic imine (C=N–C) groups is 1. The normalized spacial score (nSPS) is 17.2. The number of halogens is 3. The van der Waals surface area contributed by atoms with Crippen LogP contribution in [0, 0.1) is 3.57 Å². The third-order valence-electron chi connectivity index (χ3n) is 3.84. The lowest BCUT2D eigenvalue weighted by molar-refractivity contribution is -0.121. The summed E-state index contributed by atoms with van der Waals surface area (Å²) in [5, 5.41) is 1.37. The fraction of sp³-hybridized carbons (Fsp3) is 0.158. The van der Waals surface area contributed by atoms with Crippen LogP contribution in [0.15, 0.2) is 50.8 Å². The Kier molecular flexibility index (Phi) is 6.88. The Morgan fingerprint density at radius 2 is 2.11 bits per heavy atom. The molecular weight excluding hydrogens is 563 g/mol. The van der Waals surface area contributed by atoms with Gasteiger partial charge in [-0.2, -0.15) is 0 Å². The first-order valence-electron chi connectivity index (χ1n) is 7.90. The van der Waals surface area contributed by atoms with Crippen LogP contribution >= 0.6 is 61.9 Å². The van der Waals surface area contributed by atoms with Crippen molar-refractivity contribution in [2.75, 3.05) is 14.1 Å². The van der Waals surface area contributed by atoms with E-state index in [-0.39, 0.29) is 5.91 Å². The number of likely N-dealkylation sites (N-methyl/N-ethyl adjacent to an activating group) is 1. The van der Waals surface area contributed by atoms with Gasteiger partial charge in [-0.15, -0.1) is 0 Å². The van der Waals surface area contributed by atoms with Gasteiger partial charge in [0.15, 0.2) is 5.17 Å². The molecule has 1 aliphatic rings. The Morgan fingerprint density at radius 3 is 2.74 bits per heavy atom. The number of carbonyl (C=O) groups is 1. The highest BCUT2D eigenvalue weighted by Crippen LogP contribution is 2.36. The van der Waals surface area contributed by atoms with E-state index in [1.807, 2.05) is 42.5 Å². The molecule has 0 spiro atoms. The zero-order valence-corrected chi connectivity index (χ0v) is 19.8. The van der Waals surface area contributed by atoms with Crippen molar-refractivity contribution in [3.63, 3.8) is 0 Å². The lowest BCUT2D eigenvalue weighted by Crippen LogP contribution is -2.23. The molecule has 1 amide bonds. The van der Waals surface area contributed by atoms with E-state index in [0.29, 0.717) is 21.7 Å². The van der Waals surface area contributed by atoms with Crippen molar-refractivity contribution >= 4 is 79.0 Å². The van der Waals surface area contributed by atoms with Gasteiger partial charge in [0.25, 0.3) is 5.91 Å². The number of rotatable bonds is 4. The first kappa shape index (κ1) is 20.7. The number of nitrogens with zero attached hydrogens (tertiary/aromatic N) is 2. The third-order valence-corrected chi connectivity index (χ3v) is 6.75. The highest BCUT2D eigenvalue weighted by molar-refractivity contribution is 14.1. The average Bonchev–Trinajstić information content (AvgIpc) is 2.90. The zero-order chi connectivity index (χ0) is 19.6. The summed E-state index contributed by atoms with van der Waals surface area (Å²) < 4.78 is 7.73. The van der Waals surface area contributed by atoms with Crippen molar-refractivity contribution in [3.05, 3.63) is 65.5 Å². The van der Waals surface area contributed by atoms with Crippen LogP contribution < -0.4 is 4.74 Å². The van der Waals surface area contributed by atoms with Crippen molar-refractivity contribution in [2.24, 2.45) is 4.99 Å². The number of thioether (sulfide) groups is 1. The second-order valence-corrected chi connectivity index (χ2v) is 9.11. The van der Waals surface area contributed by atoms with E-state index in [2.05, 4.69) is 43.5 Å². The van der Waals surface area contributed by atoms with Crippen LogP contribution in [-0.2, 0) is 11.4 Å². The molecule has 2 aromatic carbocycles. The molecule has 0 aromatic heterocycles. The maximum Gasteiger partial charge on any atom is 0.266 e. The fourth-order valence-electron chi connectivity index (χ4n) is 2.47. The molecule has 140 valence electrons. The standard InChI is InChI=1S/C19H15BrClIN2O2S/c1-23-19-24(2)18(25)16(27-19)9-11-7-13(20)17(15(22)8-11)26-10-12-5-3-4-6-14(12)21/h3-9H,10H2,1-2H3/b16-9-,23-19?. The first-order chi connectivity index (χ1) is 12.9. The lowest BCUT2D eigenvalue weighted by Gasteiger charge is -2.12. The third kappa shape index (κ3) is 4.70. The van der Waals surface area contributed by atoms with Gasteiger partial charge in [-0.05, 0) is 80.1 Å². The summed E-state index contributed by atoms with van der Waals surface area (Å²) in [6, 6.07) is 11.5. The van der Waals surface area contributed by atoms with Gasteiger partial charge in [0.05, 0.1) is 12.9 Å². The topological polar surface area (TPSA) is 41.9 Å². The molecule has 0 aliphatic carbocycles. The molecule has 0 saturated carbocycles. The molecule has 1 heterocycles. The van der Waals surface area contributed by atoms with Crippen LogP contribution in [-0.4, -0.2) is 30.1 Å². The molecule has 0 atom stereocenters. The molecule has 0 N–H and O–H groups in total. The number of amidine groups is 1. The van der Waals surface area contributed by atoms with Crippen molar-refractivity contribution in [1.29, 1.82) is 0 Å². The number of amides is 1. The molecule has 0 unspecified atom stereocenters. The van der Waals surface area contributed by atoms with Crippen LogP contribution in [0.5, 0.6) is 5.75 Å². The second-order valence-electron chi connectivity index (χ2n) is 5.67. The van der Waals surface area contributed by atoms with Gasteiger partial charge >= 0.3 is 0 Å². The Morgan fingerprint density at radius 1 is 1.37 bits per heavy atom. The average molecular weight is 578 g/mol. The van der Waals surface area contributed by atoms with E-state index in [1.165, 1.54) is 11.8 Å². The highest BCUT2D eigenvalue weighted by atomic mass is 127. The smallest absolute Gasteiger partial charge is 0.266 e. The van der Waals surface area contributed by atoms with Gasteiger partial charge in [-0.25, -0.2) is 0 Å². The minimum absolute atomic E-state index is 0.0502. The van der Waals surface area contributed by atoms with Crippen molar-refractivity contribution in [3.8, 4) is 5.75 Å². The van der Waals surface area contributed by atoms with Crippen LogP contribution in [0.4, 0.5) is 0 Å². The molecule has 4 nitrogen and oxygen atoms in total. The molecule has 3 rings (SSSR count). The fourth-order valence-corrected chi connectivity index (χ4v) is 5.35. The number of hydrogen-bond acceptors (Lipinski definition) is 4. The van der Waals surface area contributed by atoms with Crippen molar-refractivity contribution < 1.29 is 9.53 Å². The molecular formula is C19H15BrClIN2O2S. The Balaban J connectivity index is 1.82. The van der Waals surface area contributed by atoms with Crippen LogP contribution in [0.25, 0.3) is 6.08 Å². The molecule has 27 heavy (non-hydrogen) atoms. The molecule has 0 bridgehead atoms. The van der Waals surface area contributed by atoms with E-state index in [9.17, 15) is 4.79 Å². The summed E-state index contributed by atoms with van der Waals surface area (Å²) in [5.41, 5.74) is 1.84. The minimum atomic E-state index is -0.0502. The quantitative estimate of drug-likeness (QED) is 0.340. The summed E-state index contributed by atoms with van der Waals surface area (Å²) in [7, 11) is 3.41. The van der Waals surface area contributed by atoms with Crippen LogP contribution in [0.3, 0.4) is 0 Å². The lowest BCUT2D eigenvalue weighted by atomic mass is 10.2. The largest absolute Gasteiger partial charge is 0.487 e. The molecule has 1 fully saturated rings. The van der Waals surface area contributed by atoms with Crippen molar-refractivity contribution in [2.45, 2.75) is 6.61 Å². The molecule has 0 radical (unpaired) electrons. The second kappa shape index (κ2) is 8.98. The summed E-state index contributed by atoms with van der Waals surface area (Å²) >= 11 is 13.4. The molecule has 2 aromatic rings. The van der Waals surface area contributed by atoms with E-state index in [1.54, 1.807) is 19.0 Å². The van der Waals surface area contributed by atoms with Gasteiger partial charge < -0.3 is 4.74 Å². The predicted molar refractivity (Wildman–Crippen MR) is 124 cm³/mol. The van der Waals surface area contributed by atoms with Gasteiger partial charge in [0.2, 0.25) is 0 Å². The molecule has 1 saturated heterocycles.